The Bertz CT molecular complexity index is 480. The standard InChI is InChI=1S/C12H10ClNO2/c13-11-4-2-1-3-10(11)12(15)14-7-9-5-6-16-8-9/h1-6,8H,7H2,(H,14,15). The molecule has 0 bridgehead atoms. The van der Waals surface area contributed by atoms with Crippen LogP contribution < -0.4 is 5.32 Å². The molecule has 1 heterocycles. The van der Waals surface area contributed by atoms with Crippen LogP contribution in [-0.2, 0) is 6.54 Å². The predicted octanol–water partition coefficient (Wildman–Crippen LogP) is 2.86. The monoisotopic (exact) mass is 235 g/mol. The number of rotatable bonds is 3. The number of hydrogen-bond donors (Lipinski definition) is 1. The van der Waals surface area contributed by atoms with E-state index >= 15 is 0 Å². The highest BCUT2D eigenvalue weighted by Gasteiger charge is 2.08. The van der Waals surface area contributed by atoms with Crippen LogP contribution in [0.5, 0.6) is 0 Å². The molecule has 0 spiro atoms. The van der Waals surface area contributed by atoms with Gasteiger partial charge in [-0.1, -0.05) is 23.7 Å². The van der Waals surface area contributed by atoms with Crippen molar-refractivity contribution >= 4 is 17.5 Å². The molecule has 0 unspecified atom stereocenters. The fourth-order valence-corrected chi connectivity index (χ4v) is 1.54. The summed E-state index contributed by atoms with van der Waals surface area (Å²) in [5, 5.41) is 3.21. The van der Waals surface area contributed by atoms with E-state index in [-0.39, 0.29) is 5.91 Å². The van der Waals surface area contributed by atoms with Crippen LogP contribution in [0.2, 0.25) is 5.02 Å². The highest BCUT2D eigenvalue weighted by Crippen LogP contribution is 2.14. The lowest BCUT2D eigenvalue weighted by Gasteiger charge is -2.04. The second-order valence-corrected chi connectivity index (χ2v) is 3.70. The van der Waals surface area contributed by atoms with Crippen molar-refractivity contribution < 1.29 is 9.21 Å². The molecule has 3 nitrogen and oxygen atoms in total. The van der Waals surface area contributed by atoms with Crippen molar-refractivity contribution in [3.63, 3.8) is 0 Å². The maximum Gasteiger partial charge on any atom is 0.253 e. The summed E-state index contributed by atoms with van der Waals surface area (Å²) < 4.78 is 4.90. The van der Waals surface area contributed by atoms with Crippen LogP contribution in [0.15, 0.2) is 47.3 Å². The Hall–Kier alpha value is -1.74. The number of carbonyl (C=O) groups is 1. The average molecular weight is 236 g/mol. The van der Waals surface area contributed by atoms with E-state index in [0.29, 0.717) is 17.1 Å². The molecule has 0 saturated carbocycles. The van der Waals surface area contributed by atoms with Crippen LogP contribution in [0, 0.1) is 0 Å². The van der Waals surface area contributed by atoms with Gasteiger partial charge < -0.3 is 9.73 Å². The molecule has 1 N–H and O–H groups in total. The molecule has 0 atom stereocenters. The van der Waals surface area contributed by atoms with E-state index in [0.717, 1.165) is 5.56 Å². The SMILES string of the molecule is O=C(NCc1ccoc1)c1ccccc1Cl. The average Bonchev–Trinajstić information content (AvgIpc) is 2.79. The van der Waals surface area contributed by atoms with Gasteiger partial charge in [0.15, 0.2) is 0 Å². The van der Waals surface area contributed by atoms with Gasteiger partial charge in [0.25, 0.3) is 5.91 Å². The summed E-state index contributed by atoms with van der Waals surface area (Å²) in [5.74, 6) is -0.188. The van der Waals surface area contributed by atoms with E-state index < -0.39 is 0 Å². The maximum absolute atomic E-state index is 11.7. The summed E-state index contributed by atoms with van der Waals surface area (Å²) in [4.78, 5) is 11.7. The minimum atomic E-state index is -0.188. The zero-order valence-corrected chi connectivity index (χ0v) is 9.20. The van der Waals surface area contributed by atoms with Gasteiger partial charge in [0.2, 0.25) is 0 Å². The lowest BCUT2D eigenvalue weighted by Crippen LogP contribution is -2.22. The van der Waals surface area contributed by atoms with Crippen LogP contribution >= 0.6 is 11.6 Å². The Kier molecular flexibility index (Phi) is 3.27. The minimum absolute atomic E-state index is 0.188. The molecule has 2 aromatic rings. The van der Waals surface area contributed by atoms with Crippen LogP contribution in [0.25, 0.3) is 0 Å². The molecular weight excluding hydrogens is 226 g/mol. The Balaban J connectivity index is 2.01. The third kappa shape index (κ3) is 2.44. The lowest BCUT2D eigenvalue weighted by molar-refractivity contribution is 0.0951. The van der Waals surface area contributed by atoms with Crippen molar-refractivity contribution in [2.24, 2.45) is 0 Å². The first-order valence-corrected chi connectivity index (χ1v) is 5.19. The predicted molar refractivity (Wildman–Crippen MR) is 61.3 cm³/mol. The van der Waals surface area contributed by atoms with Gasteiger partial charge in [0, 0.05) is 12.1 Å². The molecule has 16 heavy (non-hydrogen) atoms. The van der Waals surface area contributed by atoms with Crippen molar-refractivity contribution in [3.05, 3.63) is 59.0 Å². The molecule has 2 rings (SSSR count). The van der Waals surface area contributed by atoms with Crippen LogP contribution in [-0.4, -0.2) is 5.91 Å². The fourth-order valence-electron chi connectivity index (χ4n) is 1.32. The Morgan fingerprint density at radius 1 is 1.31 bits per heavy atom. The van der Waals surface area contributed by atoms with Gasteiger partial charge in [0.05, 0.1) is 23.1 Å². The molecule has 0 fully saturated rings. The highest BCUT2D eigenvalue weighted by molar-refractivity contribution is 6.33. The lowest BCUT2D eigenvalue weighted by atomic mass is 10.2. The number of amides is 1. The second-order valence-electron chi connectivity index (χ2n) is 3.29. The molecule has 1 amide bonds. The largest absolute Gasteiger partial charge is 0.472 e. The van der Waals surface area contributed by atoms with Crippen molar-refractivity contribution in [3.8, 4) is 0 Å². The number of nitrogens with one attached hydrogen (secondary N) is 1. The minimum Gasteiger partial charge on any atom is -0.472 e. The maximum atomic E-state index is 11.7. The van der Waals surface area contributed by atoms with Gasteiger partial charge in [-0.15, -0.1) is 0 Å². The van der Waals surface area contributed by atoms with E-state index in [1.54, 1.807) is 42.9 Å². The highest BCUT2D eigenvalue weighted by atomic mass is 35.5. The van der Waals surface area contributed by atoms with E-state index in [1.165, 1.54) is 0 Å². The van der Waals surface area contributed by atoms with Gasteiger partial charge in [-0.2, -0.15) is 0 Å². The first-order valence-electron chi connectivity index (χ1n) is 4.81. The Morgan fingerprint density at radius 2 is 2.12 bits per heavy atom. The third-order valence-electron chi connectivity index (χ3n) is 2.15. The van der Waals surface area contributed by atoms with E-state index in [2.05, 4.69) is 5.32 Å². The number of hydrogen-bond acceptors (Lipinski definition) is 2. The van der Waals surface area contributed by atoms with Gasteiger partial charge in [-0.05, 0) is 18.2 Å². The summed E-state index contributed by atoms with van der Waals surface area (Å²) >= 11 is 5.90. The fraction of sp³-hybridized carbons (Fsp3) is 0.0833. The molecule has 0 aliphatic carbocycles. The summed E-state index contributed by atoms with van der Waals surface area (Å²) in [7, 11) is 0. The van der Waals surface area contributed by atoms with Gasteiger partial charge >= 0.3 is 0 Å². The van der Waals surface area contributed by atoms with E-state index in [9.17, 15) is 4.79 Å². The first kappa shape index (κ1) is 10.8. The molecule has 4 heteroatoms. The summed E-state index contributed by atoms with van der Waals surface area (Å²) in [6.45, 7) is 0.431. The normalized spacial score (nSPS) is 10.1. The molecule has 0 aliphatic heterocycles. The second kappa shape index (κ2) is 4.86. The zero-order chi connectivity index (χ0) is 11.4. The molecule has 82 valence electrons. The van der Waals surface area contributed by atoms with Crippen LogP contribution in [0.3, 0.4) is 0 Å². The van der Waals surface area contributed by atoms with Gasteiger partial charge in [-0.3, -0.25) is 4.79 Å². The number of benzene rings is 1. The summed E-state index contributed by atoms with van der Waals surface area (Å²) in [6, 6.07) is 8.74. The Morgan fingerprint density at radius 3 is 2.81 bits per heavy atom. The summed E-state index contributed by atoms with van der Waals surface area (Å²) in [6.07, 6.45) is 3.16. The van der Waals surface area contributed by atoms with Crippen molar-refractivity contribution in [1.82, 2.24) is 5.32 Å². The van der Waals surface area contributed by atoms with E-state index in [4.69, 9.17) is 16.0 Å². The van der Waals surface area contributed by atoms with Crippen molar-refractivity contribution in [1.29, 1.82) is 0 Å². The molecule has 0 radical (unpaired) electrons. The molecule has 1 aromatic carbocycles. The first-order chi connectivity index (χ1) is 7.77. The Labute approximate surface area is 98.0 Å². The van der Waals surface area contributed by atoms with Gasteiger partial charge in [-0.25, -0.2) is 0 Å². The van der Waals surface area contributed by atoms with Crippen molar-refractivity contribution in [2.75, 3.05) is 0 Å². The smallest absolute Gasteiger partial charge is 0.253 e. The van der Waals surface area contributed by atoms with E-state index in [1.807, 2.05) is 0 Å². The molecule has 0 saturated heterocycles. The number of furan rings is 1. The molecule has 0 aliphatic rings. The number of carbonyl (C=O) groups excluding carboxylic acids is 1. The molecule has 1 aromatic heterocycles. The van der Waals surface area contributed by atoms with Crippen LogP contribution in [0.4, 0.5) is 0 Å². The molecular formula is C12H10ClNO2. The summed E-state index contributed by atoms with van der Waals surface area (Å²) in [5.41, 5.74) is 1.40. The third-order valence-corrected chi connectivity index (χ3v) is 2.48. The van der Waals surface area contributed by atoms with Crippen molar-refractivity contribution in [2.45, 2.75) is 6.54 Å². The van der Waals surface area contributed by atoms with Gasteiger partial charge in [0.1, 0.15) is 0 Å². The topological polar surface area (TPSA) is 42.2 Å². The number of halogens is 1. The quantitative estimate of drug-likeness (QED) is 0.889. The zero-order valence-electron chi connectivity index (χ0n) is 8.44. The van der Waals surface area contributed by atoms with Crippen LogP contribution in [0.1, 0.15) is 15.9 Å².